The zero-order valence-electron chi connectivity index (χ0n) is 15.2. The number of anilines is 2. The average Bonchev–Trinajstić information content (AvgIpc) is 2.70. The van der Waals surface area contributed by atoms with Crippen molar-refractivity contribution in [1.82, 2.24) is 0 Å². The summed E-state index contributed by atoms with van der Waals surface area (Å²) in [4.78, 5) is 24.5. The number of halogens is 1. The summed E-state index contributed by atoms with van der Waals surface area (Å²) in [5.74, 6) is 0.336. The SMILES string of the molecule is COc1ccc(C(=O)Nc2ccc(NC(=O)Cc3ccccc3)cc2)cc1Br. The Morgan fingerprint density at radius 1 is 0.893 bits per heavy atom. The first-order chi connectivity index (χ1) is 13.5. The van der Waals surface area contributed by atoms with Crippen LogP contribution in [0, 0.1) is 0 Å². The van der Waals surface area contributed by atoms with Crippen molar-refractivity contribution in [2.45, 2.75) is 6.42 Å². The highest BCUT2D eigenvalue weighted by Crippen LogP contribution is 2.26. The summed E-state index contributed by atoms with van der Waals surface area (Å²) in [6.07, 6.45) is 0.311. The van der Waals surface area contributed by atoms with E-state index in [4.69, 9.17) is 4.74 Å². The molecule has 0 unspecified atom stereocenters. The van der Waals surface area contributed by atoms with Crippen molar-refractivity contribution in [3.05, 3.63) is 88.4 Å². The molecule has 0 aromatic heterocycles. The second-order valence-electron chi connectivity index (χ2n) is 6.09. The van der Waals surface area contributed by atoms with Gasteiger partial charge in [-0.25, -0.2) is 0 Å². The number of hydrogen-bond acceptors (Lipinski definition) is 3. The monoisotopic (exact) mass is 438 g/mol. The van der Waals surface area contributed by atoms with E-state index in [9.17, 15) is 9.59 Å². The predicted molar refractivity (Wildman–Crippen MR) is 114 cm³/mol. The number of nitrogens with one attached hydrogen (secondary N) is 2. The summed E-state index contributed by atoms with van der Waals surface area (Å²) in [5, 5.41) is 5.68. The first kappa shape index (κ1) is 19.6. The van der Waals surface area contributed by atoms with E-state index >= 15 is 0 Å². The number of ether oxygens (including phenoxy) is 1. The number of benzene rings is 3. The van der Waals surface area contributed by atoms with Gasteiger partial charge >= 0.3 is 0 Å². The van der Waals surface area contributed by atoms with Crippen LogP contribution in [0.2, 0.25) is 0 Å². The maximum Gasteiger partial charge on any atom is 0.255 e. The lowest BCUT2D eigenvalue weighted by molar-refractivity contribution is -0.115. The van der Waals surface area contributed by atoms with E-state index in [1.807, 2.05) is 30.3 Å². The molecule has 2 N–H and O–H groups in total. The standard InChI is InChI=1S/C22H19BrN2O3/c1-28-20-12-7-16(14-19(20)23)22(27)25-18-10-8-17(9-11-18)24-21(26)13-15-5-3-2-4-6-15/h2-12,14H,13H2,1H3,(H,24,26)(H,25,27). The molecular weight excluding hydrogens is 420 g/mol. The number of amides is 2. The van der Waals surface area contributed by atoms with Crippen LogP contribution in [0.3, 0.4) is 0 Å². The van der Waals surface area contributed by atoms with Gasteiger partial charge in [-0.15, -0.1) is 0 Å². The van der Waals surface area contributed by atoms with E-state index in [0.29, 0.717) is 33.6 Å². The third-order valence-corrected chi connectivity index (χ3v) is 4.67. The van der Waals surface area contributed by atoms with Crippen LogP contribution in [0.5, 0.6) is 5.75 Å². The van der Waals surface area contributed by atoms with Crippen molar-refractivity contribution in [2.75, 3.05) is 17.7 Å². The van der Waals surface area contributed by atoms with Gasteiger partial charge in [0, 0.05) is 16.9 Å². The lowest BCUT2D eigenvalue weighted by atomic mass is 10.1. The molecule has 0 spiro atoms. The van der Waals surface area contributed by atoms with E-state index in [1.54, 1.807) is 49.6 Å². The normalized spacial score (nSPS) is 10.2. The van der Waals surface area contributed by atoms with Crippen molar-refractivity contribution >= 4 is 39.1 Å². The van der Waals surface area contributed by atoms with Gasteiger partial charge in [0.15, 0.2) is 0 Å². The third kappa shape index (κ3) is 5.20. The molecule has 0 aliphatic heterocycles. The van der Waals surface area contributed by atoms with Crippen molar-refractivity contribution in [3.63, 3.8) is 0 Å². The van der Waals surface area contributed by atoms with Crippen LogP contribution in [0.1, 0.15) is 15.9 Å². The Morgan fingerprint density at radius 2 is 1.54 bits per heavy atom. The van der Waals surface area contributed by atoms with Crippen molar-refractivity contribution in [1.29, 1.82) is 0 Å². The second-order valence-corrected chi connectivity index (χ2v) is 6.95. The van der Waals surface area contributed by atoms with Crippen LogP contribution < -0.4 is 15.4 Å². The molecule has 3 rings (SSSR count). The Balaban J connectivity index is 1.58. The average molecular weight is 439 g/mol. The molecule has 0 heterocycles. The molecule has 6 heteroatoms. The van der Waals surface area contributed by atoms with Crippen LogP contribution in [0.15, 0.2) is 77.3 Å². The first-order valence-electron chi connectivity index (χ1n) is 8.64. The van der Waals surface area contributed by atoms with Crippen molar-refractivity contribution in [3.8, 4) is 5.75 Å². The fraction of sp³-hybridized carbons (Fsp3) is 0.0909. The van der Waals surface area contributed by atoms with Crippen molar-refractivity contribution in [2.24, 2.45) is 0 Å². The molecule has 0 aliphatic carbocycles. The van der Waals surface area contributed by atoms with E-state index in [2.05, 4.69) is 26.6 Å². The lowest BCUT2D eigenvalue weighted by Crippen LogP contribution is -2.15. The summed E-state index contributed by atoms with van der Waals surface area (Å²) < 4.78 is 5.87. The summed E-state index contributed by atoms with van der Waals surface area (Å²) in [5.41, 5.74) is 2.77. The second kappa shape index (κ2) is 9.19. The highest BCUT2D eigenvalue weighted by molar-refractivity contribution is 9.10. The number of carbonyl (C=O) groups is 2. The highest BCUT2D eigenvalue weighted by Gasteiger charge is 2.10. The molecule has 0 atom stereocenters. The number of rotatable bonds is 6. The van der Waals surface area contributed by atoms with Gasteiger partial charge in [-0.2, -0.15) is 0 Å². The highest BCUT2D eigenvalue weighted by atomic mass is 79.9. The molecule has 2 amide bonds. The van der Waals surface area contributed by atoms with Crippen LogP contribution in [-0.2, 0) is 11.2 Å². The van der Waals surface area contributed by atoms with Crippen LogP contribution in [0.25, 0.3) is 0 Å². The molecule has 0 fully saturated rings. The Bertz CT molecular complexity index is 973. The van der Waals surface area contributed by atoms with Gasteiger partial charge in [-0.3, -0.25) is 9.59 Å². The topological polar surface area (TPSA) is 67.4 Å². The Labute approximate surface area is 171 Å². The smallest absolute Gasteiger partial charge is 0.255 e. The molecule has 0 radical (unpaired) electrons. The quantitative estimate of drug-likeness (QED) is 0.575. The zero-order chi connectivity index (χ0) is 19.9. The minimum absolute atomic E-state index is 0.0916. The van der Waals surface area contributed by atoms with E-state index in [0.717, 1.165) is 5.56 Å². The largest absolute Gasteiger partial charge is 0.496 e. The van der Waals surface area contributed by atoms with Gasteiger partial charge in [0.2, 0.25) is 5.91 Å². The number of carbonyl (C=O) groups excluding carboxylic acids is 2. The molecular formula is C22H19BrN2O3. The Kier molecular flexibility index (Phi) is 6.45. The number of hydrogen-bond donors (Lipinski definition) is 2. The van der Waals surface area contributed by atoms with E-state index in [1.165, 1.54) is 0 Å². The maximum absolute atomic E-state index is 12.4. The molecule has 28 heavy (non-hydrogen) atoms. The minimum atomic E-state index is -0.232. The fourth-order valence-electron chi connectivity index (χ4n) is 2.63. The fourth-order valence-corrected chi connectivity index (χ4v) is 3.17. The summed E-state index contributed by atoms with van der Waals surface area (Å²) in [6, 6.07) is 21.7. The first-order valence-corrected chi connectivity index (χ1v) is 9.43. The van der Waals surface area contributed by atoms with Gasteiger partial charge in [0.25, 0.3) is 5.91 Å². The minimum Gasteiger partial charge on any atom is -0.496 e. The van der Waals surface area contributed by atoms with Gasteiger partial charge < -0.3 is 15.4 Å². The predicted octanol–water partition coefficient (Wildman–Crippen LogP) is 4.89. The van der Waals surface area contributed by atoms with Crippen LogP contribution in [-0.4, -0.2) is 18.9 Å². The van der Waals surface area contributed by atoms with Crippen LogP contribution in [0.4, 0.5) is 11.4 Å². The summed E-state index contributed by atoms with van der Waals surface area (Å²) in [6.45, 7) is 0. The zero-order valence-corrected chi connectivity index (χ0v) is 16.8. The molecule has 3 aromatic carbocycles. The van der Waals surface area contributed by atoms with Gasteiger partial charge in [-0.1, -0.05) is 30.3 Å². The molecule has 3 aromatic rings. The van der Waals surface area contributed by atoms with Gasteiger partial charge in [-0.05, 0) is 64.0 Å². The molecule has 5 nitrogen and oxygen atoms in total. The Morgan fingerprint density at radius 3 is 2.14 bits per heavy atom. The maximum atomic E-state index is 12.4. The third-order valence-electron chi connectivity index (χ3n) is 4.05. The Hall–Kier alpha value is -3.12. The van der Waals surface area contributed by atoms with Gasteiger partial charge in [0.1, 0.15) is 5.75 Å². The van der Waals surface area contributed by atoms with E-state index < -0.39 is 0 Å². The summed E-state index contributed by atoms with van der Waals surface area (Å²) in [7, 11) is 1.57. The molecule has 0 bridgehead atoms. The molecule has 0 saturated heterocycles. The molecule has 142 valence electrons. The van der Waals surface area contributed by atoms with E-state index in [-0.39, 0.29) is 11.8 Å². The summed E-state index contributed by atoms with van der Waals surface area (Å²) >= 11 is 3.37. The van der Waals surface area contributed by atoms with Gasteiger partial charge in [0.05, 0.1) is 18.0 Å². The number of methoxy groups -OCH3 is 1. The van der Waals surface area contributed by atoms with Crippen LogP contribution >= 0.6 is 15.9 Å². The molecule has 0 aliphatic rings. The molecule has 0 saturated carbocycles. The lowest BCUT2D eigenvalue weighted by Gasteiger charge is -2.09. The van der Waals surface area contributed by atoms with Crippen molar-refractivity contribution < 1.29 is 14.3 Å².